The molecule has 1 aliphatic rings. The highest BCUT2D eigenvalue weighted by molar-refractivity contribution is 5.95. The number of alkyl halides is 3. The Balaban J connectivity index is 0.000000291. The maximum absolute atomic E-state index is 12.1. The summed E-state index contributed by atoms with van der Waals surface area (Å²) >= 11 is 0. The summed E-state index contributed by atoms with van der Waals surface area (Å²) in [5.74, 6) is 0.703. The number of pyridine rings is 1. The molecule has 10 heteroatoms. The van der Waals surface area contributed by atoms with Gasteiger partial charge in [0.05, 0.1) is 31.2 Å². The van der Waals surface area contributed by atoms with E-state index in [-0.39, 0.29) is 11.7 Å². The summed E-state index contributed by atoms with van der Waals surface area (Å²) in [4.78, 5) is 15.0. The van der Waals surface area contributed by atoms with Crippen molar-refractivity contribution in [2.75, 3.05) is 38.0 Å². The molecule has 0 unspecified atom stereocenters. The van der Waals surface area contributed by atoms with Crippen LogP contribution in [0.3, 0.4) is 0 Å². The Labute approximate surface area is 215 Å². The maximum atomic E-state index is 12.1. The zero-order valence-electron chi connectivity index (χ0n) is 21.3. The van der Waals surface area contributed by atoms with Crippen molar-refractivity contribution in [1.82, 2.24) is 4.98 Å². The molecule has 0 aliphatic carbocycles. The minimum absolute atomic E-state index is 0.182. The van der Waals surface area contributed by atoms with E-state index in [0.717, 1.165) is 36.6 Å². The number of esters is 1. The molecule has 0 atom stereocenters. The third-order valence-corrected chi connectivity index (χ3v) is 4.96. The van der Waals surface area contributed by atoms with E-state index in [9.17, 15) is 18.0 Å². The molecule has 0 radical (unpaired) electrons. The van der Waals surface area contributed by atoms with Crippen molar-refractivity contribution in [2.45, 2.75) is 32.9 Å². The molecular formula is C27H32F3N3O4. The number of carbonyl (C=O) groups is 1. The van der Waals surface area contributed by atoms with Crippen LogP contribution in [0, 0.1) is 0 Å². The van der Waals surface area contributed by atoms with Crippen molar-refractivity contribution in [1.29, 1.82) is 0 Å². The van der Waals surface area contributed by atoms with Crippen LogP contribution in [-0.2, 0) is 11.2 Å². The average Bonchev–Trinajstić information content (AvgIpc) is 2.93. The number of aryl methyl sites for hydroxylation is 1. The fraction of sp³-hybridized carbons (Fsp3) is 0.333. The minimum Gasteiger partial charge on any atom is -0.493 e. The van der Waals surface area contributed by atoms with Gasteiger partial charge in [0.2, 0.25) is 0 Å². The lowest BCUT2D eigenvalue weighted by Gasteiger charge is -2.18. The Morgan fingerprint density at radius 1 is 1.08 bits per heavy atom. The van der Waals surface area contributed by atoms with Gasteiger partial charge in [-0.1, -0.05) is 19.9 Å². The summed E-state index contributed by atoms with van der Waals surface area (Å²) in [6, 6.07) is 13.9. The van der Waals surface area contributed by atoms with Gasteiger partial charge in [-0.05, 0) is 54.8 Å². The zero-order valence-corrected chi connectivity index (χ0v) is 21.3. The van der Waals surface area contributed by atoms with Crippen molar-refractivity contribution >= 4 is 23.0 Å². The smallest absolute Gasteiger partial charge is 0.422 e. The molecule has 0 saturated heterocycles. The lowest BCUT2D eigenvalue weighted by Crippen LogP contribution is -2.19. The number of methoxy groups -OCH3 is 1. The number of halogens is 3. The summed E-state index contributed by atoms with van der Waals surface area (Å²) in [6.07, 6.45) is 0.833. The minimum atomic E-state index is -4.33. The second-order valence-electron chi connectivity index (χ2n) is 7.49. The molecule has 0 saturated carbocycles. The number of nitrogens with one attached hydrogen (secondary N) is 2. The largest absolute Gasteiger partial charge is 0.493 e. The SMILES string of the molecule is CC.CNc1cnccc1C(=O)OC.FC(F)(F)COc1ccc(Nc2ccc3c(c2)OCCC3)cc1. The third kappa shape index (κ3) is 9.55. The summed E-state index contributed by atoms with van der Waals surface area (Å²) in [5.41, 5.74) is 3.99. The number of anilines is 3. The normalized spacial score (nSPS) is 11.8. The monoisotopic (exact) mass is 519 g/mol. The predicted molar refractivity (Wildman–Crippen MR) is 138 cm³/mol. The number of hydrogen-bond donors (Lipinski definition) is 2. The predicted octanol–water partition coefficient (Wildman–Crippen LogP) is 6.63. The molecule has 1 aromatic heterocycles. The molecule has 1 aliphatic heterocycles. The summed E-state index contributed by atoms with van der Waals surface area (Å²) in [7, 11) is 3.08. The highest BCUT2D eigenvalue weighted by Crippen LogP contribution is 2.30. The van der Waals surface area contributed by atoms with Gasteiger partial charge in [-0.2, -0.15) is 13.2 Å². The van der Waals surface area contributed by atoms with E-state index in [2.05, 4.69) is 25.1 Å². The molecule has 2 N–H and O–H groups in total. The van der Waals surface area contributed by atoms with Gasteiger partial charge in [0, 0.05) is 30.7 Å². The number of rotatable bonds is 6. The number of benzene rings is 2. The van der Waals surface area contributed by atoms with Gasteiger partial charge in [-0.3, -0.25) is 4.98 Å². The Morgan fingerprint density at radius 2 is 1.78 bits per heavy atom. The van der Waals surface area contributed by atoms with E-state index in [1.807, 2.05) is 32.0 Å². The first-order valence-corrected chi connectivity index (χ1v) is 11.8. The third-order valence-electron chi connectivity index (χ3n) is 4.96. The van der Waals surface area contributed by atoms with Gasteiger partial charge in [0.25, 0.3) is 0 Å². The molecule has 0 amide bonds. The first-order valence-electron chi connectivity index (χ1n) is 11.8. The molecule has 0 spiro atoms. The van der Waals surface area contributed by atoms with Crippen LogP contribution in [0.1, 0.15) is 36.2 Å². The first-order chi connectivity index (χ1) is 17.8. The quantitative estimate of drug-likeness (QED) is 0.354. The van der Waals surface area contributed by atoms with Crippen LogP contribution in [0.5, 0.6) is 11.5 Å². The van der Waals surface area contributed by atoms with E-state index < -0.39 is 12.8 Å². The number of carbonyl (C=O) groups excluding carboxylic acids is 1. The molecule has 2 heterocycles. The average molecular weight is 520 g/mol. The van der Waals surface area contributed by atoms with Gasteiger partial charge in [0.15, 0.2) is 6.61 Å². The Hall–Kier alpha value is -3.95. The zero-order chi connectivity index (χ0) is 27.3. The van der Waals surface area contributed by atoms with Crippen LogP contribution >= 0.6 is 0 Å². The van der Waals surface area contributed by atoms with Gasteiger partial charge in [-0.15, -0.1) is 0 Å². The van der Waals surface area contributed by atoms with Crippen LogP contribution in [-0.4, -0.2) is 44.5 Å². The van der Waals surface area contributed by atoms with Gasteiger partial charge >= 0.3 is 12.1 Å². The van der Waals surface area contributed by atoms with Crippen molar-refractivity contribution in [3.8, 4) is 11.5 Å². The number of hydrogen-bond acceptors (Lipinski definition) is 7. The molecule has 37 heavy (non-hydrogen) atoms. The molecule has 2 aromatic carbocycles. The Morgan fingerprint density at radius 3 is 2.43 bits per heavy atom. The van der Waals surface area contributed by atoms with E-state index in [4.69, 9.17) is 4.74 Å². The standard InChI is InChI=1S/C17H16F3NO2.C8H10N2O2.C2H6/c18-17(19,20)11-23-15-7-5-13(6-8-15)21-14-4-3-12-2-1-9-22-16(12)10-14;1-9-7-5-10-4-3-6(7)8(11)12-2;1-2/h3-8,10,21H,1-2,9,11H2;3-5,9H,1-2H3;1-2H3. The highest BCUT2D eigenvalue weighted by Gasteiger charge is 2.28. The highest BCUT2D eigenvalue weighted by atomic mass is 19.4. The van der Waals surface area contributed by atoms with Gasteiger partial charge < -0.3 is 24.8 Å². The molecular weight excluding hydrogens is 487 g/mol. The van der Waals surface area contributed by atoms with E-state index in [0.29, 0.717) is 11.3 Å². The van der Waals surface area contributed by atoms with Crippen molar-refractivity contribution in [3.05, 3.63) is 72.1 Å². The number of aromatic nitrogens is 1. The summed E-state index contributed by atoms with van der Waals surface area (Å²) in [5, 5.41) is 6.04. The Kier molecular flexibility index (Phi) is 11.5. The second-order valence-corrected chi connectivity index (χ2v) is 7.49. The fourth-order valence-electron chi connectivity index (χ4n) is 3.27. The molecule has 200 valence electrons. The molecule has 0 bridgehead atoms. The van der Waals surface area contributed by atoms with Crippen LogP contribution in [0.4, 0.5) is 30.2 Å². The summed E-state index contributed by atoms with van der Waals surface area (Å²) < 4.78 is 51.2. The van der Waals surface area contributed by atoms with Crippen molar-refractivity contribution < 1.29 is 32.2 Å². The van der Waals surface area contributed by atoms with E-state index >= 15 is 0 Å². The molecule has 3 aromatic rings. The van der Waals surface area contributed by atoms with Crippen LogP contribution in [0.15, 0.2) is 60.9 Å². The number of fused-ring (bicyclic) bond motifs is 1. The van der Waals surface area contributed by atoms with Crippen LogP contribution < -0.4 is 20.1 Å². The molecule has 0 fully saturated rings. The molecule has 4 rings (SSSR count). The summed E-state index contributed by atoms with van der Waals surface area (Å²) in [6.45, 7) is 3.43. The lowest BCUT2D eigenvalue weighted by atomic mass is 10.1. The lowest BCUT2D eigenvalue weighted by molar-refractivity contribution is -0.153. The number of nitrogens with zero attached hydrogens (tertiary/aromatic N) is 1. The maximum Gasteiger partial charge on any atom is 0.422 e. The van der Waals surface area contributed by atoms with Gasteiger partial charge in [0.1, 0.15) is 11.5 Å². The molecule has 7 nitrogen and oxygen atoms in total. The second kappa shape index (κ2) is 14.6. The number of ether oxygens (including phenoxy) is 3. The van der Waals surface area contributed by atoms with Crippen LogP contribution in [0.2, 0.25) is 0 Å². The Bertz CT molecular complexity index is 1120. The van der Waals surface area contributed by atoms with Crippen molar-refractivity contribution in [3.63, 3.8) is 0 Å². The van der Waals surface area contributed by atoms with Gasteiger partial charge in [-0.25, -0.2) is 4.79 Å². The van der Waals surface area contributed by atoms with Crippen LogP contribution in [0.25, 0.3) is 0 Å². The van der Waals surface area contributed by atoms with E-state index in [1.165, 1.54) is 24.8 Å². The van der Waals surface area contributed by atoms with E-state index in [1.54, 1.807) is 37.6 Å². The fourth-order valence-corrected chi connectivity index (χ4v) is 3.27. The topological polar surface area (TPSA) is 81.7 Å². The van der Waals surface area contributed by atoms with Crippen molar-refractivity contribution in [2.24, 2.45) is 0 Å². The first kappa shape index (κ1) is 29.3.